The molecule has 0 aliphatic carbocycles. The number of halogens is 1. The lowest BCUT2D eigenvalue weighted by molar-refractivity contribution is 0.292. The lowest BCUT2D eigenvalue weighted by Gasteiger charge is -2.17. The van der Waals surface area contributed by atoms with Crippen LogP contribution in [0.15, 0.2) is 64.5 Å². The van der Waals surface area contributed by atoms with Gasteiger partial charge < -0.3 is 14.5 Å². The van der Waals surface area contributed by atoms with Crippen LogP contribution in [0, 0.1) is 13.8 Å². The van der Waals surface area contributed by atoms with Crippen molar-refractivity contribution in [3.8, 4) is 11.5 Å². The predicted molar refractivity (Wildman–Crippen MR) is 153 cm³/mol. The average Bonchev–Trinajstić information content (AvgIpc) is 3.27. The van der Waals surface area contributed by atoms with Gasteiger partial charge in [-0.25, -0.2) is 4.98 Å². The second-order valence-corrected chi connectivity index (χ2v) is 9.98. The van der Waals surface area contributed by atoms with E-state index in [2.05, 4.69) is 28.9 Å². The number of hydrogen-bond donors (Lipinski definition) is 1. The summed E-state index contributed by atoms with van der Waals surface area (Å²) in [5.74, 6) is 2.25. The second-order valence-electron chi connectivity index (χ2n) is 9.57. The average molecular weight is 529 g/mol. The minimum absolute atomic E-state index is 0.253. The molecular formula is C30H29ClN4O3. The maximum atomic E-state index is 13.2. The first-order chi connectivity index (χ1) is 18.3. The Morgan fingerprint density at radius 2 is 1.89 bits per heavy atom. The van der Waals surface area contributed by atoms with Gasteiger partial charge in [0.1, 0.15) is 35.0 Å². The first-order valence-electron chi connectivity index (χ1n) is 12.4. The van der Waals surface area contributed by atoms with Crippen LogP contribution in [0.25, 0.3) is 21.9 Å². The van der Waals surface area contributed by atoms with E-state index < -0.39 is 0 Å². The molecule has 0 saturated heterocycles. The SMILES string of the molecule is COc1ccc(/C=N\n2c(C)nc3c([nH]c4ccccc43)c2=O)cc1COc1cc(C)c(Cl)cc1C(C)C. The zero-order valence-electron chi connectivity index (χ0n) is 22.0. The van der Waals surface area contributed by atoms with Gasteiger partial charge in [-0.1, -0.05) is 43.6 Å². The summed E-state index contributed by atoms with van der Waals surface area (Å²) in [6, 6.07) is 17.4. The van der Waals surface area contributed by atoms with Gasteiger partial charge in [0.15, 0.2) is 0 Å². The van der Waals surface area contributed by atoms with Gasteiger partial charge in [0.25, 0.3) is 5.56 Å². The Hall–Kier alpha value is -4.10. The fourth-order valence-electron chi connectivity index (χ4n) is 4.51. The molecule has 0 aliphatic heterocycles. The number of fused-ring (bicyclic) bond motifs is 3. The number of nitrogens with one attached hydrogen (secondary N) is 1. The molecule has 0 amide bonds. The lowest BCUT2D eigenvalue weighted by atomic mass is 10.0. The zero-order valence-corrected chi connectivity index (χ0v) is 22.8. The molecule has 38 heavy (non-hydrogen) atoms. The Kier molecular flexibility index (Phi) is 6.95. The highest BCUT2D eigenvalue weighted by Crippen LogP contribution is 2.33. The lowest BCUT2D eigenvalue weighted by Crippen LogP contribution is -2.20. The highest BCUT2D eigenvalue weighted by molar-refractivity contribution is 6.31. The summed E-state index contributed by atoms with van der Waals surface area (Å²) in [5.41, 5.74) is 5.35. The van der Waals surface area contributed by atoms with Crippen LogP contribution in [0.4, 0.5) is 0 Å². The Bertz CT molecular complexity index is 1750. The summed E-state index contributed by atoms with van der Waals surface area (Å²) in [4.78, 5) is 21.1. The monoisotopic (exact) mass is 528 g/mol. The van der Waals surface area contributed by atoms with Crippen LogP contribution in [0.1, 0.15) is 47.8 Å². The Morgan fingerprint density at radius 3 is 2.66 bits per heavy atom. The molecule has 2 aromatic heterocycles. The first-order valence-corrected chi connectivity index (χ1v) is 12.8. The van der Waals surface area contributed by atoms with Gasteiger partial charge in [-0.05, 0) is 72.9 Å². The summed E-state index contributed by atoms with van der Waals surface area (Å²) in [6.45, 7) is 8.25. The minimum Gasteiger partial charge on any atom is -0.496 e. The van der Waals surface area contributed by atoms with Gasteiger partial charge in [-0.2, -0.15) is 9.78 Å². The number of aromatic amines is 1. The summed E-state index contributed by atoms with van der Waals surface area (Å²) >= 11 is 6.35. The number of aromatic nitrogens is 3. The number of hydrogen-bond acceptors (Lipinski definition) is 5. The van der Waals surface area contributed by atoms with Crippen molar-refractivity contribution in [3.63, 3.8) is 0 Å². The van der Waals surface area contributed by atoms with E-state index in [1.54, 1.807) is 20.2 Å². The van der Waals surface area contributed by atoms with Crippen LogP contribution in [-0.4, -0.2) is 28.0 Å². The topological polar surface area (TPSA) is 81.5 Å². The molecule has 1 N–H and O–H groups in total. The summed E-state index contributed by atoms with van der Waals surface area (Å²) in [6.07, 6.45) is 1.64. The number of para-hydroxylation sites is 1. The fourth-order valence-corrected chi connectivity index (χ4v) is 4.69. The first kappa shape index (κ1) is 25.5. The standard InChI is InChI=1S/C30H29ClN4O3/c1-17(2)23-14-24(31)18(3)12-27(23)38-16-21-13-20(10-11-26(21)37-5)15-32-35-19(4)33-28-22-8-6-7-9-25(22)34-29(28)30(35)36/h6-15,17,34H,16H2,1-5H3/b32-15-. The van der Waals surface area contributed by atoms with Gasteiger partial charge >= 0.3 is 0 Å². The molecule has 0 fully saturated rings. The molecule has 0 unspecified atom stereocenters. The van der Waals surface area contributed by atoms with E-state index >= 15 is 0 Å². The van der Waals surface area contributed by atoms with Crippen LogP contribution >= 0.6 is 11.6 Å². The van der Waals surface area contributed by atoms with Crippen molar-refractivity contribution in [1.29, 1.82) is 0 Å². The van der Waals surface area contributed by atoms with Gasteiger partial charge in [-0.15, -0.1) is 0 Å². The fraction of sp³-hybridized carbons (Fsp3) is 0.233. The van der Waals surface area contributed by atoms with Crippen LogP contribution < -0.4 is 15.0 Å². The number of H-pyrrole nitrogens is 1. The van der Waals surface area contributed by atoms with E-state index in [9.17, 15) is 4.79 Å². The molecule has 5 aromatic rings. The van der Waals surface area contributed by atoms with E-state index in [4.69, 9.17) is 21.1 Å². The summed E-state index contributed by atoms with van der Waals surface area (Å²) in [5, 5.41) is 6.11. The molecule has 8 heteroatoms. The van der Waals surface area contributed by atoms with Crippen molar-refractivity contribution in [1.82, 2.24) is 14.6 Å². The summed E-state index contributed by atoms with van der Waals surface area (Å²) < 4.78 is 13.1. The van der Waals surface area contributed by atoms with Gasteiger partial charge in [0.2, 0.25) is 0 Å². The number of methoxy groups -OCH3 is 1. The number of aryl methyl sites for hydroxylation is 2. The normalized spacial score (nSPS) is 11.8. The molecule has 2 heterocycles. The Morgan fingerprint density at radius 1 is 1.11 bits per heavy atom. The largest absolute Gasteiger partial charge is 0.496 e. The van der Waals surface area contributed by atoms with Crippen LogP contribution in [-0.2, 0) is 6.61 Å². The molecular weight excluding hydrogens is 500 g/mol. The molecule has 0 aliphatic rings. The van der Waals surface area contributed by atoms with E-state index in [1.165, 1.54) is 4.68 Å². The molecule has 194 valence electrons. The van der Waals surface area contributed by atoms with E-state index in [0.717, 1.165) is 43.9 Å². The third-order valence-electron chi connectivity index (χ3n) is 6.59. The second kappa shape index (κ2) is 10.3. The zero-order chi connectivity index (χ0) is 27.0. The van der Waals surface area contributed by atoms with Crippen molar-refractivity contribution >= 4 is 39.8 Å². The van der Waals surface area contributed by atoms with E-state index in [-0.39, 0.29) is 11.5 Å². The highest BCUT2D eigenvalue weighted by atomic mass is 35.5. The van der Waals surface area contributed by atoms with E-state index in [1.807, 2.05) is 61.5 Å². The van der Waals surface area contributed by atoms with Crippen molar-refractivity contribution in [3.05, 3.63) is 98.1 Å². The molecule has 0 radical (unpaired) electrons. The van der Waals surface area contributed by atoms with Crippen molar-refractivity contribution in [2.45, 2.75) is 40.2 Å². The minimum atomic E-state index is -0.253. The van der Waals surface area contributed by atoms with Crippen LogP contribution in [0.5, 0.6) is 11.5 Å². The molecule has 3 aromatic carbocycles. The Labute approximate surface area is 225 Å². The van der Waals surface area contributed by atoms with Crippen LogP contribution in [0.2, 0.25) is 5.02 Å². The third-order valence-corrected chi connectivity index (χ3v) is 7.00. The number of nitrogens with zero attached hydrogens (tertiary/aromatic N) is 3. The van der Waals surface area contributed by atoms with Crippen molar-refractivity contribution in [2.75, 3.05) is 7.11 Å². The van der Waals surface area contributed by atoms with Gasteiger partial charge in [0, 0.05) is 21.5 Å². The molecule has 5 rings (SSSR count). The highest BCUT2D eigenvalue weighted by Gasteiger charge is 2.14. The number of benzene rings is 3. The molecule has 0 atom stereocenters. The quantitative estimate of drug-likeness (QED) is 0.237. The molecule has 0 spiro atoms. The van der Waals surface area contributed by atoms with Gasteiger partial charge in [0.05, 0.1) is 13.3 Å². The Balaban J connectivity index is 1.46. The van der Waals surface area contributed by atoms with Crippen molar-refractivity contribution < 1.29 is 9.47 Å². The number of ether oxygens (including phenoxy) is 2. The molecule has 7 nitrogen and oxygen atoms in total. The predicted octanol–water partition coefficient (Wildman–Crippen LogP) is 6.74. The third kappa shape index (κ3) is 4.77. The summed E-state index contributed by atoms with van der Waals surface area (Å²) in [7, 11) is 1.63. The maximum Gasteiger partial charge on any atom is 0.298 e. The maximum absolute atomic E-state index is 13.2. The van der Waals surface area contributed by atoms with Crippen LogP contribution in [0.3, 0.4) is 0 Å². The molecule has 0 bridgehead atoms. The van der Waals surface area contributed by atoms with Gasteiger partial charge in [-0.3, -0.25) is 4.79 Å². The van der Waals surface area contributed by atoms with E-state index in [0.29, 0.717) is 29.2 Å². The molecule has 0 saturated carbocycles. The van der Waals surface area contributed by atoms with Crippen molar-refractivity contribution in [2.24, 2.45) is 5.10 Å². The number of rotatable bonds is 7. The smallest absolute Gasteiger partial charge is 0.298 e.